The van der Waals surface area contributed by atoms with Crippen molar-refractivity contribution in [3.8, 4) is 0 Å². The lowest BCUT2D eigenvalue weighted by Crippen LogP contribution is -2.24. The topological polar surface area (TPSA) is 41.6 Å². The van der Waals surface area contributed by atoms with Crippen molar-refractivity contribution in [2.45, 2.75) is 32.9 Å². The van der Waals surface area contributed by atoms with Gasteiger partial charge in [0.2, 0.25) is 5.16 Å². The van der Waals surface area contributed by atoms with E-state index >= 15 is 0 Å². The lowest BCUT2D eigenvalue weighted by molar-refractivity contribution is 0.294. The van der Waals surface area contributed by atoms with Crippen LogP contribution >= 0.6 is 24.4 Å². The summed E-state index contributed by atoms with van der Waals surface area (Å²) in [5, 5.41) is 7.79. The van der Waals surface area contributed by atoms with E-state index in [0.717, 1.165) is 22.5 Å². The predicted octanol–water partition coefficient (Wildman–Crippen LogP) is 2.80. The highest BCUT2D eigenvalue weighted by molar-refractivity contribution is 7.99. The van der Waals surface area contributed by atoms with Crippen molar-refractivity contribution >= 4 is 24.4 Å². The van der Waals surface area contributed by atoms with Crippen molar-refractivity contribution in [2.75, 3.05) is 11.5 Å². The Labute approximate surface area is 101 Å². The molecule has 5 heteroatoms. The number of aromatic amines is 1. The summed E-state index contributed by atoms with van der Waals surface area (Å²) < 4.78 is 0. The van der Waals surface area contributed by atoms with E-state index in [1.165, 1.54) is 0 Å². The third kappa shape index (κ3) is 4.07. The van der Waals surface area contributed by atoms with E-state index < -0.39 is 0 Å². The second kappa shape index (κ2) is 5.25. The smallest absolute Gasteiger partial charge is 0.208 e. The van der Waals surface area contributed by atoms with Crippen molar-refractivity contribution in [2.24, 2.45) is 11.3 Å². The van der Waals surface area contributed by atoms with Crippen LogP contribution in [-0.4, -0.2) is 26.7 Å². The van der Waals surface area contributed by atoms with Gasteiger partial charge in [-0.15, -0.1) is 5.10 Å². The molecule has 0 aromatic carbocycles. The average Bonchev–Trinajstić information content (AvgIpc) is 2.50. The minimum absolute atomic E-state index is 0.292. The number of thioether (sulfide) groups is 1. The summed E-state index contributed by atoms with van der Waals surface area (Å²) >= 11 is 6.10. The lowest BCUT2D eigenvalue weighted by Gasteiger charge is -2.28. The van der Waals surface area contributed by atoms with E-state index in [1.54, 1.807) is 11.8 Å². The van der Waals surface area contributed by atoms with E-state index in [4.69, 9.17) is 0 Å². The summed E-state index contributed by atoms with van der Waals surface area (Å²) in [5.41, 5.74) is 0.292. The first kappa shape index (κ1) is 12.9. The highest BCUT2D eigenvalue weighted by Gasteiger charge is 2.23. The Morgan fingerprint density at radius 3 is 2.53 bits per heavy atom. The molecule has 0 bridgehead atoms. The van der Waals surface area contributed by atoms with Crippen LogP contribution < -0.4 is 0 Å². The molecule has 0 aliphatic heterocycles. The van der Waals surface area contributed by atoms with Gasteiger partial charge < -0.3 is 0 Å². The lowest BCUT2D eigenvalue weighted by atomic mass is 9.83. The number of nitrogens with one attached hydrogen (secondary N) is 1. The molecule has 0 saturated carbocycles. The number of hydrogen-bond donors (Lipinski definition) is 2. The largest absolute Gasteiger partial charge is 0.262 e. The summed E-state index contributed by atoms with van der Waals surface area (Å²) in [6.07, 6.45) is 0. The second-order valence-corrected chi connectivity index (χ2v) is 6.11. The van der Waals surface area contributed by atoms with Crippen LogP contribution in [0.3, 0.4) is 0 Å². The quantitative estimate of drug-likeness (QED) is 0.633. The molecule has 0 aliphatic rings. The zero-order valence-electron chi connectivity index (χ0n) is 9.74. The summed E-state index contributed by atoms with van der Waals surface area (Å²) in [7, 11) is 0. The Morgan fingerprint density at radius 2 is 2.13 bits per heavy atom. The molecule has 1 heterocycles. The molecule has 1 atom stereocenters. The van der Waals surface area contributed by atoms with Gasteiger partial charge in [0, 0.05) is 5.75 Å². The molecule has 1 rings (SSSR count). The third-order valence-electron chi connectivity index (χ3n) is 2.44. The van der Waals surface area contributed by atoms with Crippen LogP contribution in [0.25, 0.3) is 0 Å². The van der Waals surface area contributed by atoms with Crippen molar-refractivity contribution in [1.29, 1.82) is 0 Å². The first-order valence-corrected chi connectivity index (χ1v) is 6.68. The standard InChI is InChI=1S/C10H19N3S2/c1-7-11-9(13-12-7)15-6-8(5-14)10(2,3)4/h8,14H,5-6H2,1-4H3,(H,11,12,13). The molecule has 3 nitrogen and oxygen atoms in total. The van der Waals surface area contributed by atoms with Crippen LogP contribution in [-0.2, 0) is 0 Å². The first-order chi connectivity index (χ1) is 6.93. The molecule has 1 N–H and O–H groups in total. The molecule has 0 fully saturated rings. The molecular weight excluding hydrogens is 226 g/mol. The van der Waals surface area contributed by atoms with Crippen LogP contribution in [0, 0.1) is 18.3 Å². The molecule has 1 unspecified atom stereocenters. The highest BCUT2D eigenvalue weighted by atomic mass is 32.2. The van der Waals surface area contributed by atoms with Crippen LogP contribution in [0.15, 0.2) is 5.16 Å². The van der Waals surface area contributed by atoms with E-state index in [2.05, 4.69) is 48.6 Å². The molecule has 0 saturated heterocycles. The normalized spacial score (nSPS) is 14.2. The third-order valence-corrected chi connectivity index (χ3v) is 3.89. The summed E-state index contributed by atoms with van der Waals surface area (Å²) in [6.45, 7) is 8.66. The van der Waals surface area contributed by atoms with E-state index in [1.807, 2.05) is 6.92 Å². The number of aromatic nitrogens is 3. The van der Waals surface area contributed by atoms with Crippen molar-refractivity contribution in [3.05, 3.63) is 5.82 Å². The highest BCUT2D eigenvalue weighted by Crippen LogP contribution is 2.31. The number of aryl methyl sites for hydroxylation is 1. The molecule has 1 aromatic heterocycles. The number of thiol groups is 1. The van der Waals surface area contributed by atoms with E-state index in [0.29, 0.717) is 11.3 Å². The molecular formula is C10H19N3S2. The van der Waals surface area contributed by atoms with Gasteiger partial charge in [0.25, 0.3) is 0 Å². The Balaban J connectivity index is 2.48. The van der Waals surface area contributed by atoms with Crippen LogP contribution in [0.1, 0.15) is 26.6 Å². The number of hydrogen-bond acceptors (Lipinski definition) is 4. The monoisotopic (exact) mass is 245 g/mol. The average molecular weight is 245 g/mol. The first-order valence-electron chi connectivity index (χ1n) is 5.06. The van der Waals surface area contributed by atoms with Crippen molar-refractivity contribution in [3.63, 3.8) is 0 Å². The molecule has 15 heavy (non-hydrogen) atoms. The van der Waals surface area contributed by atoms with Gasteiger partial charge in [-0.2, -0.15) is 12.6 Å². The zero-order valence-corrected chi connectivity index (χ0v) is 11.5. The van der Waals surface area contributed by atoms with Crippen LogP contribution in [0.5, 0.6) is 0 Å². The summed E-state index contributed by atoms with van der Waals surface area (Å²) in [4.78, 5) is 4.27. The summed E-state index contributed by atoms with van der Waals surface area (Å²) in [6, 6.07) is 0. The molecule has 0 radical (unpaired) electrons. The SMILES string of the molecule is Cc1nc(SCC(CS)C(C)(C)C)n[nH]1. The van der Waals surface area contributed by atoms with Gasteiger partial charge in [-0.25, -0.2) is 4.98 Å². The van der Waals surface area contributed by atoms with Gasteiger partial charge in [-0.1, -0.05) is 32.5 Å². The number of nitrogens with zero attached hydrogens (tertiary/aromatic N) is 2. The Hall–Kier alpha value is -0.160. The Morgan fingerprint density at radius 1 is 1.47 bits per heavy atom. The Kier molecular flexibility index (Phi) is 4.52. The van der Waals surface area contributed by atoms with Gasteiger partial charge in [0.05, 0.1) is 0 Å². The van der Waals surface area contributed by atoms with Crippen LogP contribution in [0.2, 0.25) is 0 Å². The van der Waals surface area contributed by atoms with Crippen molar-refractivity contribution in [1.82, 2.24) is 15.2 Å². The van der Waals surface area contributed by atoms with E-state index in [-0.39, 0.29) is 0 Å². The molecule has 86 valence electrons. The zero-order chi connectivity index (χ0) is 11.5. The fraction of sp³-hybridized carbons (Fsp3) is 0.800. The minimum atomic E-state index is 0.292. The van der Waals surface area contributed by atoms with Crippen molar-refractivity contribution < 1.29 is 0 Å². The number of H-pyrrole nitrogens is 1. The van der Waals surface area contributed by atoms with Gasteiger partial charge in [0.15, 0.2) is 0 Å². The fourth-order valence-corrected chi connectivity index (χ4v) is 3.27. The molecule has 0 spiro atoms. The van der Waals surface area contributed by atoms with Gasteiger partial charge in [-0.3, -0.25) is 5.10 Å². The summed E-state index contributed by atoms with van der Waals surface area (Å²) in [5.74, 6) is 3.37. The second-order valence-electron chi connectivity index (χ2n) is 4.76. The maximum absolute atomic E-state index is 4.40. The fourth-order valence-electron chi connectivity index (χ4n) is 1.14. The number of rotatable bonds is 4. The molecule has 0 amide bonds. The van der Waals surface area contributed by atoms with Gasteiger partial charge in [-0.05, 0) is 24.0 Å². The Bertz CT molecular complexity index is 304. The predicted molar refractivity (Wildman–Crippen MR) is 68.6 cm³/mol. The maximum atomic E-state index is 4.40. The van der Waals surface area contributed by atoms with Crippen LogP contribution in [0.4, 0.5) is 0 Å². The van der Waals surface area contributed by atoms with E-state index in [9.17, 15) is 0 Å². The molecule has 1 aromatic rings. The van der Waals surface area contributed by atoms with Gasteiger partial charge >= 0.3 is 0 Å². The maximum Gasteiger partial charge on any atom is 0.208 e. The minimum Gasteiger partial charge on any atom is -0.262 e. The molecule has 0 aliphatic carbocycles. The van der Waals surface area contributed by atoms with Gasteiger partial charge in [0.1, 0.15) is 5.82 Å².